The number of carbonyl (C=O) groups is 4. The summed E-state index contributed by atoms with van der Waals surface area (Å²) in [6, 6.07) is -5.07. The summed E-state index contributed by atoms with van der Waals surface area (Å²) in [7, 11) is 0. The molecule has 36 nitrogen and oxygen atoms in total. The van der Waals surface area contributed by atoms with Gasteiger partial charge in [0.1, 0.15) is 134 Å². The lowest BCUT2D eigenvalue weighted by molar-refractivity contribution is -0.392. The third-order valence-electron chi connectivity index (χ3n) is 14.6. The minimum atomic E-state index is -3.23. The highest BCUT2D eigenvalue weighted by molar-refractivity contribution is 5.77. The maximum atomic E-state index is 13.1. The van der Waals surface area contributed by atoms with Gasteiger partial charge >= 0.3 is 5.97 Å². The zero-order valence-electron chi connectivity index (χ0n) is 43.7. The topological polar surface area (TPSA) is 570 Å². The van der Waals surface area contributed by atoms with E-state index in [4.69, 9.17) is 52.1 Å². The largest absolute Gasteiger partial charge is 0.477 e. The third-order valence-corrected chi connectivity index (χ3v) is 14.6. The highest BCUT2D eigenvalue weighted by Crippen LogP contribution is 2.40. The lowest BCUT2D eigenvalue weighted by Crippen LogP contribution is -2.71. The molecule has 6 rings (SSSR count). The van der Waals surface area contributed by atoms with Crippen molar-refractivity contribution in [1.29, 1.82) is 0 Å². The molecule has 81 heavy (non-hydrogen) atoms. The number of rotatable bonds is 21. The number of aliphatic hydroxyl groups is 17. The molecule has 6 heterocycles. The molecule has 36 heteroatoms. The zero-order valence-corrected chi connectivity index (χ0v) is 43.7. The second-order valence-corrected chi connectivity index (χ2v) is 20.4. The van der Waals surface area contributed by atoms with Crippen LogP contribution in [0.1, 0.15) is 34.1 Å². The molecule has 0 saturated carbocycles. The molecule has 0 unspecified atom stereocenters. The Morgan fingerprint density at radius 3 is 1.63 bits per heavy atom. The van der Waals surface area contributed by atoms with Crippen LogP contribution in [-0.4, -0.2) is 338 Å². The predicted octanol–water partition coefficient (Wildman–Crippen LogP) is -13.4. The molecule has 6 fully saturated rings. The van der Waals surface area contributed by atoms with Gasteiger partial charge in [0.2, 0.25) is 17.7 Å². The van der Waals surface area contributed by atoms with Gasteiger partial charge in [-0.15, -0.1) is 0 Å². The van der Waals surface area contributed by atoms with Crippen LogP contribution in [0, 0.1) is 0 Å². The van der Waals surface area contributed by atoms with E-state index in [0.29, 0.717) is 0 Å². The molecule has 31 atom stereocenters. The minimum Gasteiger partial charge on any atom is -0.477 e. The van der Waals surface area contributed by atoms with E-state index in [1.54, 1.807) is 0 Å². The van der Waals surface area contributed by atoms with E-state index >= 15 is 0 Å². The first-order valence-electron chi connectivity index (χ1n) is 25.6. The Balaban J connectivity index is 1.30. The van der Waals surface area contributed by atoms with Crippen molar-refractivity contribution < 1.29 is 163 Å². The molecule has 0 aromatic rings. The van der Waals surface area contributed by atoms with Crippen LogP contribution < -0.4 is 16.0 Å². The molecule has 6 aliphatic rings. The highest BCUT2D eigenvalue weighted by Gasteiger charge is 2.61. The molecule has 21 N–H and O–H groups in total. The molecule has 0 aromatic carbocycles. The number of carboxylic acids is 1. The molecule has 468 valence electrons. The number of carbonyl (C=O) groups excluding carboxylic acids is 3. The molecular weight excluding hydrogens is 1110 g/mol. The average Bonchev–Trinajstić information content (AvgIpc) is 3.55. The van der Waals surface area contributed by atoms with E-state index in [-0.39, 0.29) is 0 Å². The molecular formula is C45H75N3O33. The lowest BCUT2D eigenvalue weighted by atomic mass is 9.88. The number of aliphatic carboxylic acids is 1. The summed E-state index contributed by atoms with van der Waals surface area (Å²) >= 11 is 0. The van der Waals surface area contributed by atoms with Gasteiger partial charge in [-0.2, -0.15) is 0 Å². The number of carboxylic acid groups (broad SMARTS) is 1. The summed E-state index contributed by atoms with van der Waals surface area (Å²) in [6.45, 7) is -0.959. The summed E-state index contributed by atoms with van der Waals surface area (Å²) < 4.78 is 63.8. The van der Waals surface area contributed by atoms with Crippen LogP contribution in [0.25, 0.3) is 0 Å². The van der Waals surface area contributed by atoms with E-state index in [0.717, 1.165) is 20.8 Å². The molecule has 3 amide bonds. The third kappa shape index (κ3) is 14.7. The number of hydrogen-bond donors (Lipinski definition) is 21. The molecule has 0 bridgehead atoms. The van der Waals surface area contributed by atoms with Crippen LogP contribution in [0.15, 0.2) is 0 Å². The van der Waals surface area contributed by atoms with Crippen LogP contribution >= 0.6 is 0 Å². The molecule has 6 saturated heterocycles. The van der Waals surface area contributed by atoms with Gasteiger partial charge in [0.05, 0.1) is 51.3 Å². The first-order valence-corrected chi connectivity index (χ1v) is 25.6. The standard InChI is InChI=1S/C45H75N3O33/c1-11-24(58)30(64)32(66)42(72-11)78-36-23(48-14(4)55)40(71-10-20-27(61)31(65)38(39(68)73-20)79-41-22(47-13(3)54)29(63)26(60)17(7-50)74-41)76-19(9-52)34(36)77-43-33(67)37(28(62)18(8-51)75-43)81-45(44(69)70)5-15(56)21(46-12(2)53)35(80-45)25(59)16(57)6-49/h11,15-43,49-52,56-68H,5-10H2,1-4H3,(H,46,53)(H,47,54)(H,48,55)(H,69,70)/t11-,15-,16+,17+,18+,19+,20+,21+,22+,23+,24+,25+,26+,27+,28-,29+,30+,31-,32-,33+,34+,35+,36+,37-,38-,39-,40+,41-,42-,43-,45-/m0/s1. The van der Waals surface area contributed by atoms with Crippen LogP contribution in [-0.2, 0) is 71.3 Å². The van der Waals surface area contributed by atoms with Gasteiger partial charge in [0.15, 0.2) is 31.5 Å². The van der Waals surface area contributed by atoms with Crippen molar-refractivity contribution in [2.75, 3.05) is 33.0 Å². The summed E-state index contributed by atoms with van der Waals surface area (Å²) in [5.41, 5.74) is 0. The summed E-state index contributed by atoms with van der Waals surface area (Å²) in [5, 5.41) is 201. The Bertz CT molecular complexity index is 2080. The number of hydrogen-bond acceptors (Lipinski definition) is 32. The smallest absolute Gasteiger partial charge is 0.364 e. The van der Waals surface area contributed by atoms with Gasteiger partial charge in [0, 0.05) is 27.2 Å². The van der Waals surface area contributed by atoms with Gasteiger partial charge in [-0.05, 0) is 6.92 Å². The van der Waals surface area contributed by atoms with Crippen molar-refractivity contribution >= 4 is 23.7 Å². The summed E-state index contributed by atoms with van der Waals surface area (Å²) in [4.78, 5) is 50.3. The number of aliphatic hydroxyl groups excluding tert-OH is 17. The zero-order chi connectivity index (χ0) is 60.3. The fourth-order valence-corrected chi connectivity index (χ4v) is 10.3. The quantitative estimate of drug-likeness (QED) is 0.0507. The van der Waals surface area contributed by atoms with Crippen molar-refractivity contribution in [3.05, 3.63) is 0 Å². The number of amides is 3. The average molecular weight is 1190 g/mol. The Morgan fingerprint density at radius 2 is 1.05 bits per heavy atom. The summed E-state index contributed by atoms with van der Waals surface area (Å²) in [5.74, 6) is -7.82. The van der Waals surface area contributed by atoms with E-state index in [9.17, 15) is 111 Å². The number of ether oxygens (including phenoxy) is 11. The normalized spacial score (nSPS) is 46.7. The van der Waals surface area contributed by atoms with E-state index in [2.05, 4.69) is 16.0 Å². The van der Waals surface area contributed by atoms with Crippen molar-refractivity contribution in [1.82, 2.24) is 16.0 Å². The van der Waals surface area contributed by atoms with Crippen LogP contribution in [0.4, 0.5) is 0 Å². The van der Waals surface area contributed by atoms with E-state index < -0.39 is 253 Å². The van der Waals surface area contributed by atoms with Gasteiger partial charge in [-0.1, -0.05) is 0 Å². The maximum absolute atomic E-state index is 13.1. The Hall–Kier alpha value is -3.24. The first kappa shape index (κ1) is 66.9. The van der Waals surface area contributed by atoms with Gasteiger partial charge in [-0.3, -0.25) is 14.4 Å². The van der Waals surface area contributed by atoms with Crippen LogP contribution in [0.3, 0.4) is 0 Å². The van der Waals surface area contributed by atoms with Crippen molar-refractivity contribution in [3.63, 3.8) is 0 Å². The van der Waals surface area contributed by atoms with Gasteiger partial charge in [0.25, 0.3) is 5.79 Å². The second-order valence-electron chi connectivity index (χ2n) is 20.4. The highest BCUT2D eigenvalue weighted by atomic mass is 16.8. The van der Waals surface area contributed by atoms with Crippen LogP contribution in [0.2, 0.25) is 0 Å². The van der Waals surface area contributed by atoms with E-state index in [1.807, 2.05) is 0 Å². The fraction of sp³-hybridized carbons (Fsp3) is 0.911. The molecule has 0 radical (unpaired) electrons. The van der Waals surface area contributed by atoms with Gasteiger partial charge in [-0.25, -0.2) is 4.79 Å². The van der Waals surface area contributed by atoms with E-state index in [1.165, 1.54) is 6.92 Å². The van der Waals surface area contributed by atoms with Crippen molar-refractivity contribution in [2.24, 2.45) is 0 Å². The number of nitrogens with one attached hydrogen (secondary N) is 3. The Morgan fingerprint density at radius 1 is 0.531 bits per heavy atom. The minimum absolute atomic E-state index is 0.748. The molecule has 0 aliphatic carbocycles. The Kier molecular flexibility index (Phi) is 23.4. The molecule has 0 spiro atoms. The molecule has 0 aromatic heterocycles. The van der Waals surface area contributed by atoms with Crippen molar-refractivity contribution in [3.8, 4) is 0 Å². The first-order chi connectivity index (χ1) is 38.0. The van der Waals surface area contributed by atoms with Gasteiger partial charge < -0.3 is 160 Å². The molecule has 6 aliphatic heterocycles. The lowest BCUT2D eigenvalue weighted by Gasteiger charge is -2.52. The monoisotopic (exact) mass is 1190 g/mol. The second kappa shape index (κ2) is 28.3. The summed E-state index contributed by atoms with van der Waals surface area (Å²) in [6.07, 6.45) is -54.7. The maximum Gasteiger partial charge on any atom is 0.364 e. The Labute approximate surface area is 459 Å². The fourth-order valence-electron chi connectivity index (χ4n) is 10.3. The SMILES string of the molecule is CC(=O)N[C@H]1[C@H](O[C@H]2[C@@H](O)[C@H](O)[C@@H](CO[C@@H]3O[C@H](CO)[C@@H](O[C@@H]4O[C@H](CO)[C@H](O)[C@H](O[C@]5(C(=O)O)C[C@H](O)[C@@H](NC(C)=O)[C@H]([C@H](O)[C@H](O)CO)O5)[C@H]4O)[C@H](O[C@@H]4O[C@@H](C)[C@@H](O)[C@@H](O)[C@@H]4O)[C@H]3NC(C)=O)O[C@@H]2O)O[C@H](CO)[C@@H](O)[C@@H]1O. The predicted molar refractivity (Wildman–Crippen MR) is 250 cm³/mol. The van der Waals surface area contributed by atoms with Crippen LogP contribution in [0.5, 0.6) is 0 Å². The van der Waals surface area contributed by atoms with Crippen molar-refractivity contribution in [2.45, 2.75) is 224 Å².